The summed E-state index contributed by atoms with van der Waals surface area (Å²) in [4.78, 5) is 33.8. The molecule has 0 saturated carbocycles. The third-order valence-corrected chi connectivity index (χ3v) is 5.51. The van der Waals surface area contributed by atoms with Gasteiger partial charge in [-0.1, -0.05) is 24.3 Å². The molecule has 32 heavy (non-hydrogen) atoms. The number of carbonyl (C=O) groups is 2. The van der Waals surface area contributed by atoms with Gasteiger partial charge in [-0.2, -0.15) is 10.4 Å². The molecule has 4 rings (SSSR count). The van der Waals surface area contributed by atoms with Crippen LogP contribution in [0.2, 0.25) is 0 Å². The molecule has 1 N–H and O–H groups in total. The molecule has 0 saturated heterocycles. The fourth-order valence-corrected chi connectivity index (χ4v) is 3.80. The van der Waals surface area contributed by atoms with Gasteiger partial charge in [0.15, 0.2) is 12.4 Å². The molecule has 3 heterocycles. The lowest BCUT2D eigenvalue weighted by Crippen LogP contribution is -2.22. The molecule has 0 aliphatic rings. The minimum absolute atomic E-state index is 0.187. The molecular formula is C22H16N6O3S. The average molecular weight is 444 g/mol. The number of hydrogen-bond donors (Lipinski definition) is 1. The van der Waals surface area contributed by atoms with E-state index in [4.69, 9.17) is 4.74 Å². The number of aryl methyl sites for hydroxylation is 1. The third kappa shape index (κ3) is 4.38. The number of esters is 1. The number of benzene rings is 1. The SMILES string of the molecule is Cc1nc(-c2ccccn2)sc1C(=O)OCC(=O)Nc1c(C#N)cnn1-c1ccccc1. The molecule has 3 aromatic heterocycles. The number of nitriles is 1. The van der Waals surface area contributed by atoms with Crippen LogP contribution in [-0.4, -0.2) is 38.2 Å². The molecule has 10 heteroatoms. The van der Waals surface area contributed by atoms with Crippen molar-refractivity contribution in [2.45, 2.75) is 6.92 Å². The highest BCUT2D eigenvalue weighted by molar-refractivity contribution is 7.17. The zero-order chi connectivity index (χ0) is 22.5. The Hall–Kier alpha value is -4.36. The number of nitrogens with zero attached hydrogens (tertiary/aromatic N) is 5. The Morgan fingerprint density at radius 2 is 1.97 bits per heavy atom. The summed E-state index contributed by atoms with van der Waals surface area (Å²) < 4.78 is 6.61. The van der Waals surface area contributed by atoms with Crippen LogP contribution in [0.25, 0.3) is 16.4 Å². The molecule has 0 fully saturated rings. The van der Waals surface area contributed by atoms with Crippen molar-refractivity contribution in [2.75, 3.05) is 11.9 Å². The Balaban J connectivity index is 1.44. The maximum Gasteiger partial charge on any atom is 0.350 e. The third-order valence-electron chi connectivity index (χ3n) is 4.35. The van der Waals surface area contributed by atoms with E-state index in [2.05, 4.69) is 20.4 Å². The predicted molar refractivity (Wildman–Crippen MR) is 117 cm³/mol. The van der Waals surface area contributed by atoms with E-state index in [1.165, 1.54) is 10.9 Å². The van der Waals surface area contributed by atoms with Crippen LogP contribution in [-0.2, 0) is 9.53 Å². The molecule has 0 aliphatic carbocycles. The molecule has 0 bridgehead atoms. The summed E-state index contributed by atoms with van der Waals surface area (Å²) in [5.74, 6) is -1.06. The van der Waals surface area contributed by atoms with Gasteiger partial charge in [-0.05, 0) is 31.2 Å². The zero-order valence-electron chi connectivity index (χ0n) is 16.8. The van der Waals surface area contributed by atoms with E-state index in [1.54, 1.807) is 37.4 Å². The Morgan fingerprint density at radius 3 is 2.69 bits per heavy atom. The van der Waals surface area contributed by atoms with E-state index in [-0.39, 0.29) is 11.4 Å². The summed E-state index contributed by atoms with van der Waals surface area (Å²) in [5, 5.41) is 16.7. The Morgan fingerprint density at radius 1 is 1.19 bits per heavy atom. The summed E-state index contributed by atoms with van der Waals surface area (Å²) in [5.41, 5.74) is 2.00. The molecule has 0 radical (unpaired) electrons. The predicted octanol–water partition coefficient (Wildman–Crippen LogP) is 3.37. The zero-order valence-corrected chi connectivity index (χ0v) is 17.7. The van der Waals surface area contributed by atoms with Crippen molar-refractivity contribution in [3.63, 3.8) is 0 Å². The Bertz CT molecular complexity index is 1310. The Kier molecular flexibility index (Phi) is 6.00. The fraction of sp³-hybridized carbons (Fsp3) is 0.0909. The number of anilines is 1. The number of ether oxygens (including phenoxy) is 1. The second kappa shape index (κ2) is 9.20. The lowest BCUT2D eigenvalue weighted by Gasteiger charge is -2.09. The molecule has 158 valence electrons. The maximum absolute atomic E-state index is 12.5. The molecule has 4 aromatic rings. The van der Waals surface area contributed by atoms with Gasteiger partial charge < -0.3 is 10.1 Å². The smallest absolute Gasteiger partial charge is 0.350 e. The van der Waals surface area contributed by atoms with E-state index in [1.807, 2.05) is 30.3 Å². The van der Waals surface area contributed by atoms with E-state index in [0.29, 0.717) is 27.0 Å². The topological polar surface area (TPSA) is 123 Å². The van der Waals surface area contributed by atoms with Crippen LogP contribution in [0.3, 0.4) is 0 Å². The van der Waals surface area contributed by atoms with Gasteiger partial charge in [-0.25, -0.2) is 14.5 Å². The molecule has 1 amide bonds. The lowest BCUT2D eigenvalue weighted by molar-refractivity contribution is -0.119. The van der Waals surface area contributed by atoms with E-state index < -0.39 is 18.5 Å². The number of nitrogens with one attached hydrogen (secondary N) is 1. The highest BCUT2D eigenvalue weighted by Crippen LogP contribution is 2.27. The quantitative estimate of drug-likeness (QED) is 0.452. The summed E-state index contributed by atoms with van der Waals surface area (Å²) in [6.07, 6.45) is 3.00. The second-order valence-electron chi connectivity index (χ2n) is 6.54. The van der Waals surface area contributed by atoms with Gasteiger partial charge >= 0.3 is 5.97 Å². The molecule has 0 unspecified atom stereocenters. The first-order valence-corrected chi connectivity index (χ1v) is 10.3. The highest BCUT2D eigenvalue weighted by atomic mass is 32.1. The first-order valence-electron chi connectivity index (χ1n) is 9.46. The van der Waals surface area contributed by atoms with Crippen LogP contribution >= 0.6 is 11.3 Å². The number of hydrogen-bond acceptors (Lipinski definition) is 8. The average Bonchev–Trinajstić information content (AvgIpc) is 3.42. The van der Waals surface area contributed by atoms with Crippen molar-refractivity contribution in [2.24, 2.45) is 0 Å². The largest absolute Gasteiger partial charge is 0.451 e. The monoisotopic (exact) mass is 444 g/mol. The van der Waals surface area contributed by atoms with Crippen molar-refractivity contribution >= 4 is 29.0 Å². The Labute approximate surface area is 186 Å². The summed E-state index contributed by atoms with van der Waals surface area (Å²) >= 11 is 1.15. The molecular weight excluding hydrogens is 428 g/mol. The van der Waals surface area contributed by atoms with Crippen LogP contribution in [0.15, 0.2) is 60.9 Å². The minimum Gasteiger partial charge on any atom is -0.451 e. The number of rotatable bonds is 6. The van der Waals surface area contributed by atoms with E-state index >= 15 is 0 Å². The molecule has 0 spiro atoms. The van der Waals surface area contributed by atoms with Crippen LogP contribution in [0.1, 0.15) is 20.9 Å². The van der Waals surface area contributed by atoms with Crippen molar-refractivity contribution in [1.29, 1.82) is 5.26 Å². The standard InChI is InChI=1S/C22H16N6O3S/c1-14-19(32-21(26-14)17-9-5-6-10-24-17)22(30)31-13-18(29)27-20-15(11-23)12-25-28(20)16-7-3-2-4-8-16/h2-10,12H,13H2,1H3,(H,27,29). The molecule has 9 nitrogen and oxygen atoms in total. The van der Waals surface area contributed by atoms with Crippen molar-refractivity contribution in [3.05, 3.63) is 77.1 Å². The number of para-hydroxylation sites is 1. The van der Waals surface area contributed by atoms with Crippen molar-refractivity contribution in [1.82, 2.24) is 19.7 Å². The molecule has 0 atom stereocenters. The van der Waals surface area contributed by atoms with E-state index in [9.17, 15) is 14.9 Å². The number of carbonyl (C=O) groups excluding carboxylic acids is 2. The summed E-state index contributed by atoms with van der Waals surface area (Å²) in [6, 6.07) is 16.4. The van der Waals surface area contributed by atoms with Gasteiger partial charge in [-0.3, -0.25) is 9.78 Å². The minimum atomic E-state index is -0.658. The van der Waals surface area contributed by atoms with Crippen LogP contribution in [0, 0.1) is 18.3 Å². The van der Waals surface area contributed by atoms with Gasteiger partial charge in [0, 0.05) is 6.20 Å². The van der Waals surface area contributed by atoms with Crippen LogP contribution in [0.5, 0.6) is 0 Å². The lowest BCUT2D eigenvalue weighted by atomic mass is 10.3. The number of pyridine rings is 1. The van der Waals surface area contributed by atoms with Gasteiger partial charge in [-0.15, -0.1) is 11.3 Å². The molecule has 0 aliphatic heterocycles. The van der Waals surface area contributed by atoms with Crippen LogP contribution < -0.4 is 5.32 Å². The maximum atomic E-state index is 12.5. The van der Waals surface area contributed by atoms with Crippen molar-refractivity contribution < 1.29 is 14.3 Å². The highest BCUT2D eigenvalue weighted by Gasteiger charge is 2.20. The van der Waals surface area contributed by atoms with Gasteiger partial charge in [0.2, 0.25) is 0 Å². The van der Waals surface area contributed by atoms with Crippen molar-refractivity contribution in [3.8, 4) is 22.5 Å². The molecule has 1 aromatic carbocycles. The fourth-order valence-electron chi connectivity index (χ4n) is 2.86. The number of aromatic nitrogens is 4. The van der Waals surface area contributed by atoms with Gasteiger partial charge in [0.05, 0.1) is 23.3 Å². The van der Waals surface area contributed by atoms with Crippen LogP contribution in [0.4, 0.5) is 5.82 Å². The first kappa shape index (κ1) is 20.9. The first-order chi connectivity index (χ1) is 15.6. The second-order valence-corrected chi connectivity index (χ2v) is 7.54. The van der Waals surface area contributed by atoms with Gasteiger partial charge in [0.25, 0.3) is 5.91 Å². The number of thiazole rings is 1. The van der Waals surface area contributed by atoms with Gasteiger partial charge in [0.1, 0.15) is 21.5 Å². The summed E-state index contributed by atoms with van der Waals surface area (Å²) in [7, 11) is 0. The number of amides is 1. The normalized spacial score (nSPS) is 10.4. The van der Waals surface area contributed by atoms with E-state index in [0.717, 1.165) is 11.3 Å². The summed E-state index contributed by atoms with van der Waals surface area (Å²) in [6.45, 7) is 1.16.